The maximum atomic E-state index is 12.6. The number of hydrogen-bond acceptors (Lipinski definition) is 3. The van der Waals surface area contributed by atoms with Gasteiger partial charge < -0.3 is 14.7 Å². The predicted molar refractivity (Wildman–Crippen MR) is 81.5 cm³/mol. The second-order valence-corrected chi connectivity index (χ2v) is 4.69. The van der Waals surface area contributed by atoms with Crippen LogP contribution in [-0.2, 0) is 6.54 Å². The average molecular weight is 285 g/mol. The van der Waals surface area contributed by atoms with Crippen LogP contribution < -0.4 is 4.74 Å². The first kappa shape index (κ1) is 14.9. The van der Waals surface area contributed by atoms with Crippen molar-refractivity contribution in [3.8, 4) is 11.5 Å². The molecular formula is C17H19NO3. The average Bonchev–Trinajstić information content (AvgIpc) is 2.53. The minimum Gasteiger partial charge on any atom is -0.507 e. The number of rotatable bonds is 5. The van der Waals surface area contributed by atoms with Crippen LogP contribution in [0.3, 0.4) is 0 Å². The van der Waals surface area contributed by atoms with Crippen LogP contribution in [0.15, 0.2) is 48.5 Å². The molecule has 0 saturated heterocycles. The van der Waals surface area contributed by atoms with Gasteiger partial charge in [0.1, 0.15) is 11.5 Å². The third-order valence-corrected chi connectivity index (χ3v) is 3.32. The van der Waals surface area contributed by atoms with E-state index in [9.17, 15) is 9.90 Å². The Morgan fingerprint density at radius 3 is 2.52 bits per heavy atom. The lowest BCUT2D eigenvalue weighted by Crippen LogP contribution is -2.30. The third kappa shape index (κ3) is 3.54. The number of ether oxygens (including phenoxy) is 1. The molecule has 0 unspecified atom stereocenters. The van der Waals surface area contributed by atoms with Crippen molar-refractivity contribution in [1.29, 1.82) is 0 Å². The molecule has 4 heteroatoms. The molecule has 0 saturated carbocycles. The minimum absolute atomic E-state index is 0.0349. The van der Waals surface area contributed by atoms with Gasteiger partial charge in [-0.25, -0.2) is 0 Å². The van der Waals surface area contributed by atoms with E-state index in [1.807, 2.05) is 37.3 Å². The van der Waals surface area contributed by atoms with Crippen molar-refractivity contribution in [2.24, 2.45) is 0 Å². The number of benzene rings is 2. The Kier molecular flexibility index (Phi) is 4.82. The van der Waals surface area contributed by atoms with Gasteiger partial charge in [0.25, 0.3) is 5.91 Å². The molecule has 0 aromatic heterocycles. The molecule has 0 aliphatic rings. The van der Waals surface area contributed by atoms with Crippen molar-refractivity contribution in [1.82, 2.24) is 4.90 Å². The third-order valence-electron chi connectivity index (χ3n) is 3.32. The fourth-order valence-corrected chi connectivity index (χ4v) is 2.11. The van der Waals surface area contributed by atoms with Gasteiger partial charge in [0.05, 0.1) is 12.7 Å². The summed E-state index contributed by atoms with van der Waals surface area (Å²) in [7, 11) is 1.53. The first-order chi connectivity index (χ1) is 10.2. The molecule has 2 aromatic rings. The lowest BCUT2D eigenvalue weighted by molar-refractivity contribution is 0.0749. The zero-order valence-corrected chi connectivity index (χ0v) is 12.2. The van der Waals surface area contributed by atoms with Crippen LogP contribution in [0.1, 0.15) is 22.8 Å². The number of hydrogen-bond donors (Lipinski definition) is 1. The molecular weight excluding hydrogens is 266 g/mol. The zero-order valence-electron chi connectivity index (χ0n) is 12.2. The van der Waals surface area contributed by atoms with Crippen molar-refractivity contribution in [3.63, 3.8) is 0 Å². The number of carbonyl (C=O) groups excluding carboxylic acids is 1. The van der Waals surface area contributed by atoms with Gasteiger partial charge in [0.2, 0.25) is 0 Å². The van der Waals surface area contributed by atoms with E-state index < -0.39 is 0 Å². The minimum atomic E-state index is -0.210. The Labute approximate surface area is 124 Å². The van der Waals surface area contributed by atoms with Crippen LogP contribution in [0.5, 0.6) is 11.5 Å². The smallest absolute Gasteiger partial charge is 0.258 e. The number of aromatic hydroxyl groups is 1. The van der Waals surface area contributed by atoms with Gasteiger partial charge in [0.15, 0.2) is 0 Å². The highest BCUT2D eigenvalue weighted by atomic mass is 16.5. The molecule has 4 nitrogen and oxygen atoms in total. The number of amides is 1. The Bertz CT molecular complexity index is 611. The standard InChI is InChI=1S/C17H19NO3/c1-3-18(12-13-7-5-4-6-8-13)17(20)15-11-14(21-2)9-10-16(15)19/h4-11,19H,3,12H2,1-2H3. The van der Waals surface area contributed by atoms with Gasteiger partial charge in [-0.2, -0.15) is 0 Å². The summed E-state index contributed by atoms with van der Waals surface area (Å²) >= 11 is 0. The van der Waals surface area contributed by atoms with Gasteiger partial charge in [-0.15, -0.1) is 0 Å². The lowest BCUT2D eigenvalue weighted by atomic mass is 10.1. The molecule has 2 aromatic carbocycles. The monoisotopic (exact) mass is 285 g/mol. The molecule has 1 N–H and O–H groups in total. The van der Waals surface area contributed by atoms with Crippen molar-refractivity contribution < 1.29 is 14.6 Å². The fraction of sp³-hybridized carbons (Fsp3) is 0.235. The molecule has 0 spiro atoms. The van der Waals surface area contributed by atoms with Crippen molar-refractivity contribution in [2.75, 3.05) is 13.7 Å². The maximum absolute atomic E-state index is 12.6. The van der Waals surface area contributed by atoms with Crippen molar-refractivity contribution >= 4 is 5.91 Å². The summed E-state index contributed by atoms with van der Waals surface area (Å²) < 4.78 is 5.11. The number of methoxy groups -OCH3 is 1. The molecule has 0 bridgehead atoms. The number of phenolic OH excluding ortho intramolecular Hbond substituents is 1. The molecule has 0 heterocycles. The number of carbonyl (C=O) groups is 1. The first-order valence-corrected chi connectivity index (χ1v) is 6.86. The van der Waals surface area contributed by atoms with E-state index in [1.54, 1.807) is 17.0 Å². The van der Waals surface area contributed by atoms with Crippen LogP contribution >= 0.6 is 0 Å². The van der Waals surface area contributed by atoms with Crippen LogP contribution in [0, 0.1) is 0 Å². The summed E-state index contributed by atoms with van der Waals surface area (Å²) in [5.74, 6) is 0.303. The predicted octanol–water partition coefficient (Wildman–Crippen LogP) is 3.06. The van der Waals surface area contributed by atoms with Gasteiger partial charge >= 0.3 is 0 Å². The quantitative estimate of drug-likeness (QED) is 0.918. The Balaban J connectivity index is 2.24. The van der Waals surface area contributed by atoms with Gasteiger partial charge in [0, 0.05) is 13.1 Å². The SMILES string of the molecule is CCN(Cc1ccccc1)C(=O)c1cc(OC)ccc1O. The van der Waals surface area contributed by atoms with E-state index in [2.05, 4.69) is 0 Å². The van der Waals surface area contributed by atoms with Crippen LogP contribution in [0.4, 0.5) is 0 Å². The van der Waals surface area contributed by atoms with Gasteiger partial charge in [-0.1, -0.05) is 30.3 Å². The highest BCUT2D eigenvalue weighted by Crippen LogP contribution is 2.24. The fourth-order valence-electron chi connectivity index (χ4n) is 2.11. The molecule has 0 aliphatic carbocycles. The van der Waals surface area contributed by atoms with E-state index >= 15 is 0 Å². The summed E-state index contributed by atoms with van der Waals surface area (Å²) in [6.07, 6.45) is 0. The highest BCUT2D eigenvalue weighted by molar-refractivity contribution is 5.97. The molecule has 0 fully saturated rings. The second kappa shape index (κ2) is 6.79. The van der Waals surface area contributed by atoms with Gasteiger partial charge in [-0.05, 0) is 30.7 Å². The maximum Gasteiger partial charge on any atom is 0.258 e. The summed E-state index contributed by atoms with van der Waals surface area (Å²) in [4.78, 5) is 14.3. The molecule has 110 valence electrons. The van der Waals surface area contributed by atoms with Crippen molar-refractivity contribution in [2.45, 2.75) is 13.5 Å². The van der Waals surface area contributed by atoms with E-state index in [0.29, 0.717) is 18.8 Å². The largest absolute Gasteiger partial charge is 0.507 e. The van der Waals surface area contributed by atoms with E-state index in [0.717, 1.165) is 5.56 Å². The second-order valence-electron chi connectivity index (χ2n) is 4.69. The van der Waals surface area contributed by atoms with Crippen LogP contribution in [0.2, 0.25) is 0 Å². The topological polar surface area (TPSA) is 49.8 Å². The van der Waals surface area contributed by atoms with E-state index in [4.69, 9.17) is 4.74 Å². The summed E-state index contributed by atoms with van der Waals surface area (Å²) in [6.45, 7) is 2.98. The lowest BCUT2D eigenvalue weighted by Gasteiger charge is -2.21. The van der Waals surface area contributed by atoms with E-state index in [-0.39, 0.29) is 17.2 Å². The van der Waals surface area contributed by atoms with Crippen molar-refractivity contribution in [3.05, 3.63) is 59.7 Å². The Hall–Kier alpha value is -2.49. The molecule has 2 rings (SSSR count). The number of phenols is 1. The van der Waals surface area contributed by atoms with Crippen LogP contribution in [-0.4, -0.2) is 29.6 Å². The number of nitrogens with zero attached hydrogens (tertiary/aromatic N) is 1. The molecule has 1 amide bonds. The normalized spacial score (nSPS) is 10.2. The molecule has 21 heavy (non-hydrogen) atoms. The highest BCUT2D eigenvalue weighted by Gasteiger charge is 2.18. The summed E-state index contributed by atoms with van der Waals surface area (Å²) in [5, 5.41) is 9.91. The molecule has 0 radical (unpaired) electrons. The van der Waals surface area contributed by atoms with Gasteiger partial charge in [-0.3, -0.25) is 4.79 Å². The first-order valence-electron chi connectivity index (χ1n) is 6.86. The molecule has 0 atom stereocenters. The Morgan fingerprint density at radius 2 is 1.90 bits per heavy atom. The van der Waals surface area contributed by atoms with E-state index in [1.165, 1.54) is 13.2 Å². The zero-order chi connectivity index (χ0) is 15.2. The molecule has 0 aliphatic heterocycles. The van der Waals surface area contributed by atoms with Crippen LogP contribution in [0.25, 0.3) is 0 Å². The Morgan fingerprint density at radius 1 is 1.19 bits per heavy atom. The summed E-state index contributed by atoms with van der Waals surface area (Å²) in [6, 6.07) is 14.4. The summed E-state index contributed by atoms with van der Waals surface area (Å²) in [5.41, 5.74) is 1.31.